The number of esters is 4. The van der Waals surface area contributed by atoms with Crippen LogP contribution in [0.1, 0.15) is 285 Å². The van der Waals surface area contributed by atoms with E-state index in [4.69, 9.17) is 37.0 Å². The van der Waals surface area contributed by atoms with Gasteiger partial charge in [-0.05, 0) is 141 Å². The first-order valence-corrected chi connectivity index (χ1v) is 42.4. The Morgan fingerprint density at radius 3 is 0.846 bits per heavy atom. The van der Waals surface area contributed by atoms with Crippen molar-refractivity contribution in [2.45, 2.75) is 303 Å². The SMILES string of the molecule is CC/C=C\C/C=C\C/C=C\C/C=C\C/C=C\C/C=C\CCC(=O)OCC(COP(=O)(O)OCC(O)COP(=O)(O)OCC(COC(=O)CCCC/C=C\C/C=C\C/C=C\C/C=C\CC)OC(=O)CCCCCCCCCCCCC)OC(=O)CCCCCCCC/C=C\C/C=C\C/C=C\C/C=C\CC. The summed E-state index contributed by atoms with van der Waals surface area (Å²) in [5, 5.41) is 10.6. The number of phosphoric ester groups is 2. The standard InChI is InChI=1S/C85H138O17P2/c1-5-9-13-17-21-25-29-32-35-37-39-41-44-47-51-54-58-62-66-70-83(88)96-76-81(102-85(90)72-68-64-60-56-52-48-45-42-40-38-36-33-30-26-22-18-14-10-6-2)78-100-104(93,94)98-74-79(86)73-97-103(91,92)99-77-80(101-84(89)71-67-63-59-55-49-28-24-20-16-12-8-4)75-95-82(87)69-65-61-57-53-50-46-43-34-31-27-23-19-15-11-7-3/h9-11,13-15,21-23,25-27,32-36,39-43,47,50-51,53,58,62,79-81,86H,5-8,12,16-20,24,28-31,37-38,44-46,48-49,52,54-57,59-61,63-78H2,1-4H3,(H,91,92)(H,93,94)/b13-9-,14-10-,15-11-,25-21-,26-22-,27-23-,35-32-,36-33-,41-39-,42-40-,43-34-,51-47-,53-50-,62-58-. The summed E-state index contributed by atoms with van der Waals surface area (Å²) in [7, 11) is -10.0. The average Bonchev–Trinajstić information content (AvgIpc) is 0.928. The first-order valence-electron chi connectivity index (χ1n) is 39.4. The minimum absolute atomic E-state index is 0.0262. The molecular formula is C85H138O17P2. The van der Waals surface area contributed by atoms with Gasteiger partial charge in [0.2, 0.25) is 0 Å². The van der Waals surface area contributed by atoms with Gasteiger partial charge >= 0.3 is 39.5 Å². The van der Waals surface area contributed by atoms with E-state index in [2.05, 4.69) is 180 Å². The first-order chi connectivity index (χ1) is 50.7. The molecule has 0 aromatic heterocycles. The zero-order valence-corrected chi connectivity index (χ0v) is 66.2. The summed E-state index contributed by atoms with van der Waals surface area (Å²) >= 11 is 0. The van der Waals surface area contributed by atoms with E-state index in [1.165, 1.54) is 38.5 Å². The molecule has 590 valence electrons. The third kappa shape index (κ3) is 74.7. The van der Waals surface area contributed by atoms with E-state index in [1.54, 1.807) is 0 Å². The quantitative estimate of drug-likeness (QED) is 0.0169. The van der Waals surface area contributed by atoms with Crippen molar-refractivity contribution < 1.29 is 80.2 Å². The number of phosphoric acid groups is 2. The van der Waals surface area contributed by atoms with Crippen LogP contribution in [0, 0.1) is 0 Å². The fourth-order valence-corrected chi connectivity index (χ4v) is 11.4. The summed E-state index contributed by atoms with van der Waals surface area (Å²) in [6.45, 7) is 4.36. The largest absolute Gasteiger partial charge is 0.472 e. The molecule has 5 unspecified atom stereocenters. The molecule has 0 saturated heterocycles. The molecule has 0 aromatic rings. The fourth-order valence-electron chi connectivity index (χ4n) is 9.82. The van der Waals surface area contributed by atoms with Gasteiger partial charge in [-0.2, -0.15) is 0 Å². The van der Waals surface area contributed by atoms with E-state index in [0.717, 1.165) is 161 Å². The summed E-state index contributed by atoms with van der Waals surface area (Å²) in [4.78, 5) is 72.9. The summed E-state index contributed by atoms with van der Waals surface area (Å²) in [6, 6.07) is 0. The van der Waals surface area contributed by atoms with E-state index in [-0.39, 0.29) is 25.7 Å². The molecule has 0 amide bonds. The van der Waals surface area contributed by atoms with Crippen molar-refractivity contribution >= 4 is 39.5 Å². The van der Waals surface area contributed by atoms with Crippen LogP contribution in [-0.2, 0) is 65.4 Å². The van der Waals surface area contributed by atoms with E-state index < -0.39 is 97.5 Å². The number of ether oxygens (including phenoxy) is 4. The highest BCUT2D eigenvalue weighted by Crippen LogP contribution is 2.45. The number of unbranched alkanes of at least 4 members (excludes halogenated alkanes) is 18. The maximum absolute atomic E-state index is 13.1. The van der Waals surface area contributed by atoms with Gasteiger partial charge in [0, 0.05) is 25.7 Å². The second kappa shape index (κ2) is 75.6. The van der Waals surface area contributed by atoms with Crippen molar-refractivity contribution in [2.75, 3.05) is 39.6 Å². The number of carbonyl (C=O) groups is 4. The minimum atomic E-state index is -5.01. The highest BCUT2D eigenvalue weighted by molar-refractivity contribution is 7.47. The Bertz CT molecular complexity index is 2640. The Morgan fingerprint density at radius 2 is 0.519 bits per heavy atom. The third-order valence-electron chi connectivity index (χ3n) is 15.7. The lowest BCUT2D eigenvalue weighted by atomic mass is 10.1. The van der Waals surface area contributed by atoms with E-state index in [1.807, 2.05) is 18.2 Å². The molecule has 0 aliphatic rings. The summed E-state index contributed by atoms with van der Waals surface area (Å²) in [6.07, 6.45) is 89.3. The van der Waals surface area contributed by atoms with Gasteiger partial charge in [0.1, 0.15) is 19.3 Å². The molecule has 19 heteroatoms. The Hall–Kier alpha value is -5.58. The molecular weight excluding hydrogens is 1350 g/mol. The van der Waals surface area contributed by atoms with Crippen molar-refractivity contribution in [1.82, 2.24) is 0 Å². The minimum Gasteiger partial charge on any atom is -0.462 e. The Balaban J connectivity index is 5.47. The highest BCUT2D eigenvalue weighted by Gasteiger charge is 2.30. The zero-order valence-electron chi connectivity index (χ0n) is 64.4. The number of hydrogen-bond acceptors (Lipinski definition) is 15. The van der Waals surface area contributed by atoms with Crippen LogP contribution in [0.2, 0.25) is 0 Å². The number of aliphatic hydroxyl groups is 1. The number of hydrogen-bond donors (Lipinski definition) is 3. The summed E-state index contributed by atoms with van der Waals surface area (Å²) < 4.78 is 68.4. The van der Waals surface area contributed by atoms with E-state index in [9.17, 15) is 43.2 Å². The van der Waals surface area contributed by atoms with Crippen LogP contribution in [0.3, 0.4) is 0 Å². The lowest BCUT2D eigenvalue weighted by molar-refractivity contribution is -0.161. The smallest absolute Gasteiger partial charge is 0.462 e. The van der Waals surface area contributed by atoms with Crippen LogP contribution < -0.4 is 0 Å². The Labute approximate surface area is 629 Å². The summed E-state index contributed by atoms with van der Waals surface area (Å²) in [5.41, 5.74) is 0. The van der Waals surface area contributed by atoms with Crippen LogP contribution >= 0.6 is 15.6 Å². The second-order valence-corrected chi connectivity index (χ2v) is 28.4. The van der Waals surface area contributed by atoms with Crippen molar-refractivity contribution in [3.63, 3.8) is 0 Å². The number of allylic oxidation sites excluding steroid dienone is 28. The average molecular weight is 1490 g/mol. The lowest BCUT2D eigenvalue weighted by Gasteiger charge is -2.21. The van der Waals surface area contributed by atoms with Crippen LogP contribution in [0.15, 0.2) is 170 Å². The van der Waals surface area contributed by atoms with E-state index in [0.29, 0.717) is 32.1 Å². The number of rotatable bonds is 72. The van der Waals surface area contributed by atoms with Crippen molar-refractivity contribution in [3.05, 3.63) is 170 Å². The molecule has 104 heavy (non-hydrogen) atoms. The molecule has 0 rings (SSSR count). The predicted molar refractivity (Wildman–Crippen MR) is 426 cm³/mol. The van der Waals surface area contributed by atoms with Gasteiger partial charge in [-0.1, -0.05) is 288 Å². The van der Waals surface area contributed by atoms with E-state index >= 15 is 0 Å². The lowest BCUT2D eigenvalue weighted by Crippen LogP contribution is -2.30. The number of carbonyl (C=O) groups excluding carboxylic acids is 4. The molecule has 0 aliphatic carbocycles. The third-order valence-corrected chi connectivity index (χ3v) is 17.6. The normalized spacial score (nSPS) is 14.8. The topological polar surface area (TPSA) is 237 Å². The predicted octanol–water partition coefficient (Wildman–Crippen LogP) is 23.0. The molecule has 17 nitrogen and oxygen atoms in total. The molecule has 0 heterocycles. The van der Waals surface area contributed by atoms with Crippen molar-refractivity contribution in [3.8, 4) is 0 Å². The summed E-state index contributed by atoms with van der Waals surface area (Å²) in [5.74, 6) is -2.35. The molecule has 5 atom stereocenters. The van der Waals surface area contributed by atoms with Gasteiger partial charge in [0.05, 0.1) is 26.4 Å². The first kappa shape index (κ1) is 98.4. The fraction of sp³-hybridized carbons (Fsp3) is 0.624. The highest BCUT2D eigenvalue weighted by atomic mass is 31.2. The van der Waals surface area contributed by atoms with Crippen LogP contribution in [0.25, 0.3) is 0 Å². The van der Waals surface area contributed by atoms with Gasteiger partial charge < -0.3 is 33.8 Å². The molecule has 0 fully saturated rings. The van der Waals surface area contributed by atoms with Crippen LogP contribution in [-0.4, -0.2) is 96.7 Å². The number of aliphatic hydroxyl groups excluding tert-OH is 1. The van der Waals surface area contributed by atoms with Gasteiger partial charge in [-0.3, -0.25) is 37.3 Å². The maximum atomic E-state index is 13.1. The van der Waals surface area contributed by atoms with Gasteiger partial charge in [0.25, 0.3) is 0 Å². The van der Waals surface area contributed by atoms with Crippen LogP contribution in [0.4, 0.5) is 0 Å². The Kier molecular flexibility index (Phi) is 71.6. The Morgan fingerprint density at radius 1 is 0.279 bits per heavy atom. The van der Waals surface area contributed by atoms with Crippen LogP contribution in [0.5, 0.6) is 0 Å². The second-order valence-electron chi connectivity index (χ2n) is 25.5. The van der Waals surface area contributed by atoms with Crippen molar-refractivity contribution in [2.24, 2.45) is 0 Å². The maximum Gasteiger partial charge on any atom is 0.472 e. The molecule has 3 N–H and O–H groups in total. The molecule has 0 spiro atoms. The van der Waals surface area contributed by atoms with Gasteiger partial charge in [-0.25, -0.2) is 9.13 Å². The molecule has 0 saturated carbocycles. The van der Waals surface area contributed by atoms with Crippen molar-refractivity contribution in [1.29, 1.82) is 0 Å². The van der Waals surface area contributed by atoms with Gasteiger partial charge in [-0.15, -0.1) is 0 Å². The molecule has 0 aliphatic heterocycles. The molecule has 0 bridgehead atoms. The molecule has 0 radical (unpaired) electrons. The monoisotopic (exact) mass is 1490 g/mol. The molecule has 0 aromatic carbocycles. The zero-order chi connectivity index (χ0) is 76.0. The van der Waals surface area contributed by atoms with Gasteiger partial charge in [0.15, 0.2) is 12.2 Å².